The molecular weight excluding hydrogens is 454 g/mol. The van der Waals surface area contributed by atoms with Crippen LogP contribution in [0.25, 0.3) is 11.1 Å². The third-order valence-electron chi connectivity index (χ3n) is 6.59. The van der Waals surface area contributed by atoms with E-state index in [4.69, 9.17) is 4.74 Å². The number of carbonyl (C=O) groups excluding carboxylic acids is 1. The zero-order valence-electron chi connectivity index (χ0n) is 19.6. The van der Waals surface area contributed by atoms with Gasteiger partial charge in [-0.25, -0.2) is 0 Å². The molecule has 180 valence electrons. The summed E-state index contributed by atoms with van der Waals surface area (Å²) in [6.45, 7) is 8.64. The fourth-order valence-electron chi connectivity index (χ4n) is 4.12. The van der Waals surface area contributed by atoms with Crippen LogP contribution < -0.4 is 0 Å². The van der Waals surface area contributed by atoms with Crippen LogP contribution in [-0.2, 0) is 21.4 Å². The summed E-state index contributed by atoms with van der Waals surface area (Å²) in [6.07, 6.45) is 1.23. The van der Waals surface area contributed by atoms with Gasteiger partial charge in [0.05, 0.1) is 23.4 Å². The maximum atomic E-state index is 12.6. The molecule has 34 heavy (non-hydrogen) atoms. The van der Waals surface area contributed by atoms with E-state index >= 15 is 0 Å². The van der Waals surface area contributed by atoms with Gasteiger partial charge in [-0.1, -0.05) is 56.8 Å². The number of thioether (sulfide) groups is 1. The normalized spacial score (nSPS) is 18.8. The number of amides is 1. The zero-order chi connectivity index (χ0) is 24.5. The van der Waals surface area contributed by atoms with Crippen LogP contribution in [0.2, 0.25) is 0 Å². The van der Waals surface area contributed by atoms with Crippen LogP contribution in [0, 0.1) is 10.1 Å². The first-order chi connectivity index (χ1) is 16.2. The Kier molecular flexibility index (Phi) is 6.95. The van der Waals surface area contributed by atoms with Crippen LogP contribution in [0.5, 0.6) is 5.75 Å². The Bertz CT molecular complexity index is 1140. The van der Waals surface area contributed by atoms with Gasteiger partial charge in [-0.05, 0) is 41.0 Å². The van der Waals surface area contributed by atoms with E-state index < -0.39 is 10.3 Å². The molecule has 2 aliphatic heterocycles. The smallest absolute Gasteiger partial charge is 0.311 e. The summed E-state index contributed by atoms with van der Waals surface area (Å²) in [5.74, 6) is -0.415. The average molecular weight is 484 g/mol. The molecule has 1 atom stereocenters. The largest absolute Gasteiger partial charge is 0.502 e. The lowest BCUT2D eigenvalue weighted by Gasteiger charge is -2.27. The van der Waals surface area contributed by atoms with Gasteiger partial charge in [0.25, 0.3) is 5.91 Å². The molecule has 2 heterocycles. The number of nitro benzene ring substituents is 1. The van der Waals surface area contributed by atoms with Crippen molar-refractivity contribution in [1.29, 1.82) is 0 Å². The number of aliphatic imine (C=N–C) groups is 1. The van der Waals surface area contributed by atoms with E-state index in [1.165, 1.54) is 17.8 Å². The van der Waals surface area contributed by atoms with Crippen LogP contribution in [0.1, 0.15) is 38.3 Å². The predicted molar refractivity (Wildman–Crippen MR) is 133 cm³/mol. The Labute approximate surface area is 203 Å². The first-order valence-corrected chi connectivity index (χ1v) is 12.3. The summed E-state index contributed by atoms with van der Waals surface area (Å²) in [5, 5.41) is 22.7. The predicted octanol–water partition coefficient (Wildman–Crippen LogP) is 4.53. The van der Waals surface area contributed by atoms with Crippen molar-refractivity contribution < 1.29 is 19.6 Å². The lowest BCUT2D eigenvalue weighted by molar-refractivity contribution is -0.385. The van der Waals surface area contributed by atoms with Crippen LogP contribution >= 0.6 is 11.8 Å². The van der Waals surface area contributed by atoms with E-state index in [9.17, 15) is 20.0 Å². The molecule has 4 rings (SSSR count). The Morgan fingerprint density at radius 2 is 1.97 bits per heavy atom. The molecule has 0 saturated carbocycles. The number of hydrogen-bond acceptors (Lipinski definition) is 7. The number of aromatic hydroxyl groups is 1. The molecule has 2 aromatic carbocycles. The number of ether oxygens (including phenoxy) is 1. The third-order valence-corrected chi connectivity index (χ3v) is 7.80. The second-order valence-corrected chi connectivity index (χ2v) is 10.4. The highest BCUT2D eigenvalue weighted by Gasteiger charge is 2.32. The Hall–Kier alpha value is -2.91. The highest BCUT2D eigenvalue weighted by atomic mass is 32.2. The standard InChI is InChI=1S/C25H29N3O5S/c1-4-25(2,3)19-14-18(15-20(22(19)29)28(31)32)17-7-5-6-16(12-17)13-21-23(30)26-24(34-21)27-8-10-33-11-9-27/h5-7,12,14-15,21,29H,4,8-11,13H2,1-3H3. The molecule has 1 unspecified atom stereocenters. The first kappa shape index (κ1) is 24.2. The molecule has 2 aromatic rings. The number of rotatable bonds is 6. The molecule has 0 aliphatic carbocycles. The molecular formula is C25H29N3O5S. The summed E-state index contributed by atoms with van der Waals surface area (Å²) in [7, 11) is 0. The third kappa shape index (κ3) is 4.95. The minimum Gasteiger partial charge on any atom is -0.502 e. The number of hydrogen-bond donors (Lipinski definition) is 1. The number of amidine groups is 1. The minimum atomic E-state index is -0.545. The molecule has 8 nitrogen and oxygen atoms in total. The Morgan fingerprint density at radius 1 is 1.24 bits per heavy atom. The molecule has 1 N–H and O–H groups in total. The molecule has 0 spiro atoms. The highest BCUT2D eigenvalue weighted by molar-refractivity contribution is 8.15. The summed E-state index contributed by atoms with van der Waals surface area (Å²) in [5.41, 5.74) is 2.24. The SMILES string of the molecule is CCC(C)(C)c1cc(-c2cccc(CC3SC(N4CCOCC4)=NC3=O)c2)cc([N+](=O)[O-])c1O. The topological polar surface area (TPSA) is 105 Å². The maximum Gasteiger partial charge on any atom is 0.311 e. The van der Waals surface area contributed by atoms with Gasteiger partial charge >= 0.3 is 5.69 Å². The van der Waals surface area contributed by atoms with Crippen molar-refractivity contribution in [1.82, 2.24) is 4.90 Å². The quantitative estimate of drug-likeness (QED) is 0.475. The number of nitro groups is 1. The van der Waals surface area contributed by atoms with Crippen LogP contribution in [0.15, 0.2) is 41.4 Å². The van der Waals surface area contributed by atoms with Gasteiger partial charge in [-0.3, -0.25) is 14.9 Å². The first-order valence-electron chi connectivity index (χ1n) is 11.4. The average Bonchev–Trinajstić information content (AvgIpc) is 3.19. The van der Waals surface area contributed by atoms with E-state index in [1.54, 1.807) is 0 Å². The number of phenols is 1. The van der Waals surface area contributed by atoms with Gasteiger partial charge in [0.15, 0.2) is 10.9 Å². The van der Waals surface area contributed by atoms with Crippen molar-refractivity contribution in [3.8, 4) is 16.9 Å². The van der Waals surface area contributed by atoms with Gasteiger partial charge in [0.2, 0.25) is 0 Å². The molecule has 9 heteroatoms. The molecule has 0 aromatic heterocycles. The van der Waals surface area contributed by atoms with Crippen LogP contribution in [0.3, 0.4) is 0 Å². The van der Waals surface area contributed by atoms with Gasteiger partial charge < -0.3 is 14.7 Å². The minimum absolute atomic E-state index is 0.135. The lowest BCUT2D eigenvalue weighted by Crippen LogP contribution is -2.39. The lowest BCUT2D eigenvalue weighted by atomic mass is 9.80. The maximum absolute atomic E-state index is 12.6. The number of benzene rings is 2. The molecule has 2 aliphatic rings. The molecule has 1 saturated heterocycles. The highest BCUT2D eigenvalue weighted by Crippen LogP contribution is 2.42. The number of nitrogens with zero attached hydrogens (tertiary/aromatic N) is 3. The number of phenolic OH excluding ortho intramolecular Hbond substituents is 1. The van der Waals surface area contributed by atoms with Gasteiger partial charge in [0.1, 0.15) is 0 Å². The number of carbonyl (C=O) groups is 1. The van der Waals surface area contributed by atoms with Crippen molar-refractivity contribution in [3.63, 3.8) is 0 Å². The molecule has 1 amide bonds. The second kappa shape index (κ2) is 9.76. The molecule has 0 bridgehead atoms. The molecule has 0 radical (unpaired) electrons. The molecule has 1 fully saturated rings. The fourth-order valence-corrected chi connectivity index (χ4v) is 5.28. The van der Waals surface area contributed by atoms with Crippen molar-refractivity contribution in [2.45, 2.75) is 44.3 Å². The Balaban J connectivity index is 1.59. The zero-order valence-corrected chi connectivity index (χ0v) is 20.4. The fraction of sp³-hybridized carbons (Fsp3) is 0.440. The summed E-state index contributed by atoms with van der Waals surface area (Å²) >= 11 is 1.49. The summed E-state index contributed by atoms with van der Waals surface area (Å²) in [6, 6.07) is 10.9. The summed E-state index contributed by atoms with van der Waals surface area (Å²) in [4.78, 5) is 30.0. The van der Waals surface area contributed by atoms with Crippen molar-refractivity contribution in [2.24, 2.45) is 4.99 Å². The van der Waals surface area contributed by atoms with Crippen molar-refractivity contribution in [3.05, 3.63) is 57.6 Å². The van der Waals surface area contributed by atoms with Crippen molar-refractivity contribution in [2.75, 3.05) is 26.3 Å². The van der Waals surface area contributed by atoms with E-state index in [2.05, 4.69) is 9.89 Å². The van der Waals surface area contributed by atoms with Gasteiger partial charge in [-0.2, -0.15) is 4.99 Å². The Morgan fingerprint density at radius 3 is 2.65 bits per heavy atom. The second-order valence-electron chi connectivity index (χ2n) is 9.23. The van der Waals surface area contributed by atoms with E-state index in [0.717, 1.165) is 29.4 Å². The van der Waals surface area contributed by atoms with Crippen LogP contribution in [0.4, 0.5) is 5.69 Å². The van der Waals surface area contributed by atoms with Gasteiger partial charge in [-0.15, -0.1) is 0 Å². The van der Waals surface area contributed by atoms with Crippen molar-refractivity contribution >= 4 is 28.5 Å². The summed E-state index contributed by atoms with van der Waals surface area (Å²) < 4.78 is 5.38. The van der Waals surface area contributed by atoms with Gasteiger partial charge in [0, 0.05) is 24.7 Å². The number of morpholine rings is 1. The van der Waals surface area contributed by atoms with E-state index in [1.807, 2.05) is 51.1 Å². The van der Waals surface area contributed by atoms with E-state index in [0.29, 0.717) is 37.2 Å². The van der Waals surface area contributed by atoms with E-state index in [-0.39, 0.29) is 22.6 Å². The monoisotopic (exact) mass is 483 g/mol. The van der Waals surface area contributed by atoms with Crippen LogP contribution in [-0.4, -0.2) is 57.6 Å².